The predicted molar refractivity (Wildman–Crippen MR) is 126 cm³/mol. The van der Waals surface area contributed by atoms with E-state index >= 15 is 0 Å². The van der Waals surface area contributed by atoms with Crippen molar-refractivity contribution in [2.45, 2.75) is 59.2 Å². The Hall–Kier alpha value is -2.24. The van der Waals surface area contributed by atoms with Crippen molar-refractivity contribution < 1.29 is 14.3 Å². The summed E-state index contributed by atoms with van der Waals surface area (Å²) in [5.41, 5.74) is 1.60. The molecule has 0 bridgehead atoms. The molecule has 0 aliphatic rings. The lowest BCUT2D eigenvalue weighted by Crippen LogP contribution is -2.50. The van der Waals surface area contributed by atoms with Gasteiger partial charge in [-0.1, -0.05) is 61.3 Å². The summed E-state index contributed by atoms with van der Waals surface area (Å²) in [5, 5.41) is 3.73. The Balaban J connectivity index is 2.27. The molecule has 0 fully saturated rings. The number of hydrogen-bond donors (Lipinski definition) is 1. The van der Waals surface area contributed by atoms with Crippen LogP contribution in [0, 0.1) is 0 Å². The van der Waals surface area contributed by atoms with E-state index in [1.807, 2.05) is 38.1 Å². The van der Waals surface area contributed by atoms with E-state index in [4.69, 9.17) is 27.9 Å². The second kappa shape index (κ2) is 11.4. The highest BCUT2D eigenvalue weighted by Gasteiger charge is 2.28. The first-order valence-corrected chi connectivity index (χ1v) is 11.1. The van der Waals surface area contributed by atoms with Gasteiger partial charge in [0.05, 0.1) is 0 Å². The molecule has 5 nitrogen and oxygen atoms in total. The highest BCUT2D eigenvalue weighted by Crippen LogP contribution is 2.28. The second-order valence-electron chi connectivity index (χ2n) is 8.04. The number of rotatable bonds is 9. The fraction of sp³-hybridized carbons (Fsp3) is 0.417. The molecule has 1 atom stereocenters. The average molecular weight is 465 g/mol. The Morgan fingerprint density at radius 2 is 1.58 bits per heavy atom. The summed E-state index contributed by atoms with van der Waals surface area (Å²) in [6.45, 7) is 9.44. The Morgan fingerprint density at radius 1 is 0.968 bits per heavy atom. The first-order chi connectivity index (χ1) is 14.6. The van der Waals surface area contributed by atoms with Crippen molar-refractivity contribution in [2.24, 2.45) is 0 Å². The van der Waals surface area contributed by atoms with Crippen LogP contribution in [0.2, 0.25) is 10.0 Å². The minimum absolute atomic E-state index is 0.0510. The van der Waals surface area contributed by atoms with Gasteiger partial charge in [-0.05, 0) is 50.5 Å². The van der Waals surface area contributed by atoms with Gasteiger partial charge in [-0.15, -0.1) is 0 Å². The van der Waals surface area contributed by atoms with E-state index in [1.54, 1.807) is 25.1 Å². The molecule has 1 N–H and O–H groups in total. The van der Waals surface area contributed by atoms with Crippen molar-refractivity contribution >= 4 is 35.0 Å². The standard InChI is InChI=1S/C24H30Cl2N2O3/c1-15(2)18-9-6-7-12-22(18)31-14-23(29)28(17(5)24(30)27-16(3)4)13-19-20(25)10-8-11-21(19)26/h6-12,15-17H,13-14H2,1-5H3,(H,27,30). The minimum Gasteiger partial charge on any atom is -0.483 e. The van der Waals surface area contributed by atoms with Gasteiger partial charge >= 0.3 is 0 Å². The van der Waals surface area contributed by atoms with Crippen LogP contribution in [0.25, 0.3) is 0 Å². The molecule has 2 amide bonds. The molecule has 31 heavy (non-hydrogen) atoms. The average Bonchev–Trinajstić information content (AvgIpc) is 2.71. The molecule has 2 aromatic rings. The van der Waals surface area contributed by atoms with Crippen molar-refractivity contribution in [1.29, 1.82) is 0 Å². The van der Waals surface area contributed by atoms with Crippen LogP contribution >= 0.6 is 23.2 Å². The SMILES string of the molecule is CC(C)NC(=O)C(C)N(Cc1c(Cl)cccc1Cl)C(=O)COc1ccccc1C(C)C. The maximum absolute atomic E-state index is 13.2. The lowest BCUT2D eigenvalue weighted by molar-refractivity contribution is -0.142. The van der Waals surface area contributed by atoms with E-state index in [0.29, 0.717) is 21.4 Å². The van der Waals surface area contributed by atoms with Crippen LogP contribution in [0.15, 0.2) is 42.5 Å². The molecule has 0 radical (unpaired) electrons. The third-order valence-corrected chi connectivity index (χ3v) is 5.59. The van der Waals surface area contributed by atoms with E-state index in [2.05, 4.69) is 19.2 Å². The normalized spacial score (nSPS) is 12.0. The largest absolute Gasteiger partial charge is 0.483 e. The van der Waals surface area contributed by atoms with Crippen LogP contribution in [-0.2, 0) is 16.1 Å². The Bertz CT molecular complexity index is 895. The van der Waals surface area contributed by atoms with Crippen LogP contribution in [-0.4, -0.2) is 35.4 Å². The van der Waals surface area contributed by atoms with E-state index in [9.17, 15) is 9.59 Å². The van der Waals surface area contributed by atoms with Gasteiger partial charge in [0.15, 0.2) is 6.61 Å². The van der Waals surface area contributed by atoms with E-state index in [-0.39, 0.29) is 36.9 Å². The minimum atomic E-state index is -0.730. The van der Waals surface area contributed by atoms with Gasteiger partial charge in [-0.25, -0.2) is 0 Å². The van der Waals surface area contributed by atoms with E-state index in [1.165, 1.54) is 4.90 Å². The number of amides is 2. The first-order valence-electron chi connectivity index (χ1n) is 10.4. The number of carbonyl (C=O) groups excluding carboxylic acids is 2. The Labute approximate surface area is 194 Å². The highest BCUT2D eigenvalue weighted by molar-refractivity contribution is 6.36. The number of nitrogens with zero attached hydrogens (tertiary/aromatic N) is 1. The molecule has 0 aromatic heterocycles. The van der Waals surface area contributed by atoms with Gasteiger partial charge < -0.3 is 15.0 Å². The summed E-state index contributed by atoms with van der Waals surface area (Å²) in [5.74, 6) is 0.316. The Kier molecular flexibility index (Phi) is 9.20. The zero-order valence-electron chi connectivity index (χ0n) is 18.6. The molecular formula is C24H30Cl2N2O3. The number of nitrogens with one attached hydrogen (secondary N) is 1. The summed E-state index contributed by atoms with van der Waals surface area (Å²) < 4.78 is 5.86. The lowest BCUT2D eigenvalue weighted by atomic mass is 10.0. The second-order valence-corrected chi connectivity index (χ2v) is 8.86. The van der Waals surface area contributed by atoms with Crippen LogP contribution in [0.3, 0.4) is 0 Å². The van der Waals surface area contributed by atoms with Crippen LogP contribution < -0.4 is 10.1 Å². The highest BCUT2D eigenvalue weighted by atomic mass is 35.5. The van der Waals surface area contributed by atoms with E-state index in [0.717, 1.165) is 5.56 Å². The van der Waals surface area contributed by atoms with Gasteiger partial charge in [0, 0.05) is 28.2 Å². The summed E-state index contributed by atoms with van der Waals surface area (Å²) in [4.78, 5) is 27.3. The van der Waals surface area contributed by atoms with Gasteiger partial charge in [0.2, 0.25) is 5.91 Å². The zero-order chi connectivity index (χ0) is 23.1. The van der Waals surface area contributed by atoms with Crippen LogP contribution in [0.1, 0.15) is 51.7 Å². The third-order valence-electron chi connectivity index (χ3n) is 4.88. The van der Waals surface area contributed by atoms with Crippen molar-refractivity contribution in [3.8, 4) is 5.75 Å². The number of hydrogen-bond acceptors (Lipinski definition) is 3. The molecule has 0 saturated carbocycles. The molecule has 7 heteroatoms. The molecule has 0 saturated heterocycles. The van der Waals surface area contributed by atoms with Gasteiger partial charge in [-0.3, -0.25) is 9.59 Å². The molecule has 0 heterocycles. The summed E-state index contributed by atoms with van der Waals surface area (Å²) in [6, 6.07) is 12.0. The number of ether oxygens (including phenoxy) is 1. The van der Waals surface area contributed by atoms with Crippen LogP contribution in [0.5, 0.6) is 5.75 Å². The molecule has 1 unspecified atom stereocenters. The fourth-order valence-corrected chi connectivity index (χ4v) is 3.67. The zero-order valence-corrected chi connectivity index (χ0v) is 20.1. The molecule has 168 valence electrons. The first kappa shape index (κ1) is 25.0. The summed E-state index contributed by atoms with van der Waals surface area (Å²) in [6.07, 6.45) is 0. The van der Waals surface area contributed by atoms with Gasteiger partial charge in [0.1, 0.15) is 11.8 Å². The smallest absolute Gasteiger partial charge is 0.261 e. The summed E-state index contributed by atoms with van der Waals surface area (Å²) >= 11 is 12.6. The molecule has 2 aromatic carbocycles. The third kappa shape index (κ3) is 6.88. The number of para-hydroxylation sites is 1. The maximum atomic E-state index is 13.2. The molecule has 0 aliphatic carbocycles. The lowest BCUT2D eigenvalue weighted by Gasteiger charge is -2.30. The quantitative estimate of drug-likeness (QED) is 0.537. The molecule has 0 aliphatic heterocycles. The molecule has 2 rings (SSSR count). The van der Waals surface area contributed by atoms with E-state index < -0.39 is 6.04 Å². The van der Waals surface area contributed by atoms with Crippen LogP contribution in [0.4, 0.5) is 0 Å². The summed E-state index contributed by atoms with van der Waals surface area (Å²) in [7, 11) is 0. The molecular weight excluding hydrogens is 435 g/mol. The Morgan fingerprint density at radius 3 is 2.16 bits per heavy atom. The number of benzene rings is 2. The van der Waals surface area contributed by atoms with Gasteiger partial charge in [-0.2, -0.15) is 0 Å². The number of halogens is 2. The maximum Gasteiger partial charge on any atom is 0.261 e. The topological polar surface area (TPSA) is 58.6 Å². The van der Waals surface area contributed by atoms with Crippen molar-refractivity contribution in [1.82, 2.24) is 10.2 Å². The van der Waals surface area contributed by atoms with Crippen molar-refractivity contribution in [2.75, 3.05) is 6.61 Å². The fourth-order valence-electron chi connectivity index (χ4n) is 3.15. The van der Waals surface area contributed by atoms with Gasteiger partial charge in [0.25, 0.3) is 5.91 Å². The predicted octanol–water partition coefficient (Wildman–Crippen LogP) is 5.44. The molecule has 0 spiro atoms. The number of carbonyl (C=O) groups is 2. The monoisotopic (exact) mass is 464 g/mol. The van der Waals surface area contributed by atoms with Crippen molar-refractivity contribution in [3.05, 3.63) is 63.6 Å². The van der Waals surface area contributed by atoms with Crippen molar-refractivity contribution in [3.63, 3.8) is 0 Å².